The highest BCUT2D eigenvalue weighted by Crippen LogP contribution is 2.36. The molecule has 0 aromatic heterocycles. The van der Waals surface area contributed by atoms with Gasteiger partial charge in [0, 0.05) is 31.5 Å². The summed E-state index contributed by atoms with van der Waals surface area (Å²) in [5, 5.41) is 1.15. The lowest BCUT2D eigenvalue weighted by molar-refractivity contribution is -0.134. The summed E-state index contributed by atoms with van der Waals surface area (Å²) in [6.45, 7) is 1.82. The molecule has 2 fully saturated rings. The van der Waals surface area contributed by atoms with E-state index in [4.69, 9.17) is 0 Å². The molecule has 1 heterocycles. The zero-order valence-corrected chi connectivity index (χ0v) is 16.0. The first kappa shape index (κ1) is 19.1. The van der Waals surface area contributed by atoms with Crippen LogP contribution in [0.4, 0.5) is 0 Å². The highest BCUT2D eigenvalue weighted by Gasteiger charge is 2.32. The SMILES string of the molecule is O=C(CCNS(=O)(=O)/C=C/c1ccccc1)N1CCC2CCCCC2C1. The van der Waals surface area contributed by atoms with Crippen LogP contribution in [0.2, 0.25) is 0 Å². The molecule has 2 aliphatic rings. The van der Waals surface area contributed by atoms with Crippen LogP contribution < -0.4 is 4.72 Å². The van der Waals surface area contributed by atoms with Gasteiger partial charge in [-0.1, -0.05) is 49.6 Å². The first-order chi connectivity index (χ1) is 12.5. The Labute approximate surface area is 156 Å². The molecule has 1 aromatic rings. The van der Waals surface area contributed by atoms with Gasteiger partial charge in [0.1, 0.15) is 0 Å². The number of nitrogens with one attached hydrogen (secondary N) is 1. The van der Waals surface area contributed by atoms with Crippen LogP contribution in [-0.4, -0.2) is 38.9 Å². The third kappa shape index (κ3) is 5.42. The summed E-state index contributed by atoms with van der Waals surface area (Å²) in [7, 11) is -3.53. The fourth-order valence-electron chi connectivity index (χ4n) is 4.07. The van der Waals surface area contributed by atoms with Crippen molar-refractivity contribution in [1.29, 1.82) is 0 Å². The van der Waals surface area contributed by atoms with Crippen LogP contribution in [0.25, 0.3) is 6.08 Å². The molecule has 1 aromatic carbocycles. The number of carbonyl (C=O) groups excluding carboxylic acids is 1. The van der Waals surface area contributed by atoms with Crippen molar-refractivity contribution >= 4 is 22.0 Å². The van der Waals surface area contributed by atoms with Crippen molar-refractivity contribution < 1.29 is 13.2 Å². The summed E-state index contributed by atoms with van der Waals surface area (Å²) in [6, 6.07) is 9.27. The summed E-state index contributed by atoms with van der Waals surface area (Å²) in [4.78, 5) is 14.3. The highest BCUT2D eigenvalue weighted by molar-refractivity contribution is 7.92. The van der Waals surface area contributed by atoms with E-state index in [1.54, 1.807) is 6.08 Å². The van der Waals surface area contributed by atoms with E-state index in [2.05, 4.69) is 4.72 Å². The van der Waals surface area contributed by atoms with Gasteiger partial charge in [-0.3, -0.25) is 4.79 Å². The Morgan fingerprint density at radius 3 is 2.62 bits per heavy atom. The number of hydrogen-bond acceptors (Lipinski definition) is 3. The summed E-state index contributed by atoms with van der Waals surface area (Å²) < 4.78 is 26.5. The van der Waals surface area contributed by atoms with Crippen molar-refractivity contribution in [3.8, 4) is 0 Å². The van der Waals surface area contributed by atoms with Gasteiger partial charge in [-0.2, -0.15) is 0 Å². The molecule has 0 bridgehead atoms. The van der Waals surface area contributed by atoms with Crippen LogP contribution in [0.5, 0.6) is 0 Å². The Morgan fingerprint density at radius 1 is 1.12 bits per heavy atom. The number of benzene rings is 1. The van der Waals surface area contributed by atoms with E-state index in [1.165, 1.54) is 25.7 Å². The van der Waals surface area contributed by atoms with Crippen LogP contribution in [0.15, 0.2) is 35.7 Å². The average Bonchev–Trinajstić information content (AvgIpc) is 2.67. The molecule has 142 valence electrons. The molecule has 1 saturated heterocycles. The number of likely N-dealkylation sites (tertiary alicyclic amines) is 1. The van der Waals surface area contributed by atoms with Gasteiger partial charge in [-0.05, 0) is 36.3 Å². The monoisotopic (exact) mass is 376 g/mol. The molecule has 5 nitrogen and oxygen atoms in total. The minimum absolute atomic E-state index is 0.0590. The fraction of sp³-hybridized carbons (Fsp3) is 0.550. The van der Waals surface area contributed by atoms with Gasteiger partial charge >= 0.3 is 0 Å². The van der Waals surface area contributed by atoms with Gasteiger partial charge < -0.3 is 4.90 Å². The molecule has 0 radical (unpaired) electrons. The van der Waals surface area contributed by atoms with E-state index in [-0.39, 0.29) is 18.9 Å². The Balaban J connectivity index is 1.43. The van der Waals surface area contributed by atoms with Crippen molar-refractivity contribution in [2.75, 3.05) is 19.6 Å². The lowest BCUT2D eigenvalue weighted by atomic mass is 9.75. The second-order valence-corrected chi connectivity index (χ2v) is 8.99. The zero-order chi connectivity index (χ0) is 18.4. The summed E-state index contributed by atoms with van der Waals surface area (Å²) in [5.74, 6) is 1.49. The molecule has 26 heavy (non-hydrogen) atoms. The number of sulfonamides is 1. The smallest absolute Gasteiger partial charge is 0.233 e. The van der Waals surface area contributed by atoms with Crippen LogP contribution in [0.3, 0.4) is 0 Å². The standard InChI is InChI=1S/C20H28N2O3S/c23-20(22-14-11-18-8-4-5-9-19(18)16-22)10-13-21-26(24,25)15-12-17-6-2-1-3-7-17/h1-3,6-7,12,15,18-19,21H,4-5,8-11,13-14,16H2/b15-12+. The third-order valence-corrected chi connectivity index (χ3v) is 6.63. The molecule has 6 heteroatoms. The van der Waals surface area contributed by atoms with E-state index in [9.17, 15) is 13.2 Å². The largest absolute Gasteiger partial charge is 0.342 e. The Hall–Kier alpha value is -1.66. The van der Waals surface area contributed by atoms with Crippen LogP contribution in [0.1, 0.15) is 44.1 Å². The lowest BCUT2D eigenvalue weighted by Gasteiger charge is -2.41. The number of fused-ring (bicyclic) bond motifs is 1. The topological polar surface area (TPSA) is 66.5 Å². The van der Waals surface area contributed by atoms with Gasteiger partial charge in [0.25, 0.3) is 0 Å². The number of rotatable bonds is 6. The van der Waals surface area contributed by atoms with Crippen molar-refractivity contribution in [2.24, 2.45) is 11.8 Å². The van der Waals surface area contributed by atoms with Gasteiger partial charge in [0.05, 0.1) is 0 Å². The third-order valence-electron chi connectivity index (χ3n) is 5.53. The van der Waals surface area contributed by atoms with E-state index in [0.29, 0.717) is 5.92 Å². The molecule has 1 amide bonds. The first-order valence-electron chi connectivity index (χ1n) is 9.54. The predicted octanol–water partition coefficient (Wildman–Crippen LogP) is 3.01. The molecule has 2 unspecified atom stereocenters. The normalized spacial score (nSPS) is 23.8. The summed E-state index contributed by atoms with van der Waals surface area (Å²) in [6.07, 6.45) is 8.01. The van der Waals surface area contributed by atoms with Crippen molar-refractivity contribution in [3.05, 3.63) is 41.3 Å². The molecule has 1 N–H and O–H groups in total. The Kier molecular flexibility index (Phi) is 6.48. The van der Waals surface area contributed by atoms with Crippen molar-refractivity contribution in [3.63, 3.8) is 0 Å². The Morgan fingerprint density at radius 2 is 1.85 bits per heavy atom. The number of hydrogen-bond donors (Lipinski definition) is 1. The first-order valence-corrected chi connectivity index (χ1v) is 11.1. The minimum atomic E-state index is -3.53. The van der Waals surface area contributed by atoms with Crippen LogP contribution >= 0.6 is 0 Å². The van der Waals surface area contributed by atoms with E-state index < -0.39 is 10.0 Å². The van der Waals surface area contributed by atoms with Crippen LogP contribution in [0, 0.1) is 11.8 Å². The molecule has 2 atom stereocenters. The van der Waals surface area contributed by atoms with E-state index in [0.717, 1.165) is 36.4 Å². The molecule has 0 spiro atoms. The maximum Gasteiger partial charge on any atom is 0.233 e. The summed E-state index contributed by atoms with van der Waals surface area (Å²) in [5.41, 5.74) is 0.823. The number of piperidine rings is 1. The van der Waals surface area contributed by atoms with Gasteiger partial charge in [-0.25, -0.2) is 13.1 Å². The predicted molar refractivity (Wildman–Crippen MR) is 104 cm³/mol. The molecule has 1 aliphatic heterocycles. The van der Waals surface area contributed by atoms with E-state index >= 15 is 0 Å². The highest BCUT2D eigenvalue weighted by atomic mass is 32.2. The van der Waals surface area contributed by atoms with Gasteiger partial charge in [0.15, 0.2) is 0 Å². The molecule has 1 aliphatic carbocycles. The zero-order valence-electron chi connectivity index (χ0n) is 15.1. The Bertz CT molecular complexity index is 731. The van der Waals surface area contributed by atoms with Crippen molar-refractivity contribution in [1.82, 2.24) is 9.62 Å². The van der Waals surface area contributed by atoms with Crippen LogP contribution in [-0.2, 0) is 14.8 Å². The van der Waals surface area contributed by atoms with E-state index in [1.807, 2.05) is 35.2 Å². The molecular weight excluding hydrogens is 348 g/mol. The second-order valence-electron chi connectivity index (χ2n) is 7.34. The molecule has 1 saturated carbocycles. The van der Waals surface area contributed by atoms with Gasteiger partial charge in [0.2, 0.25) is 15.9 Å². The number of nitrogens with zero attached hydrogens (tertiary/aromatic N) is 1. The summed E-state index contributed by atoms with van der Waals surface area (Å²) >= 11 is 0. The van der Waals surface area contributed by atoms with Gasteiger partial charge in [-0.15, -0.1) is 0 Å². The maximum absolute atomic E-state index is 12.4. The number of amides is 1. The average molecular weight is 377 g/mol. The maximum atomic E-state index is 12.4. The fourth-order valence-corrected chi connectivity index (χ4v) is 4.89. The lowest BCUT2D eigenvalue weighted by Crippen LogP contribution is -2.45. The van der Waals surface area contributed by atoms with Crippen molar-refractivity contribution in [2.45, 2.75) is 38.5 Å². The minimum Gasteiger partial charge on any atom is -0.342 e. The second kappa shape index (κ2) is 8.82. The molecule has 3 rings (SSSR count). The molecular formula is C20H28N2O3S. The quantitative estimate of drug-likeness (QED) is 0.830. The number of carbonyl (C=O) groups is 1.